The Bertz CT molecular complexity index is 441. The van der Waals surface area contributed by atoms with Crippen molar-refractivity contribution in [1.29, 1.82) is 0 Å². The number of nitrogen functional groups attached to an aromatic ring is 1. The van der Waals surface area contributed by atoms with Gasteiger partial charge in [0, 0.05) is 12.6 Å². The molecule has 0 heterocycles. The third kappa shape index (κ3) is 2.83. The first-order valence-corrected chi connectivity index (χ1v) is 5.87. The second-order valence-corrected chi connectivity index (χ2v) is 4.26. The molecule has 0 saturated carbocycles. The van der Waals surface area contributed by atoms with E-state index in [2.05, 4.69) is 6.58 Å². The van der Waals surface area contributed by atoms with Crippen molar-refractivity contribution < 1.29 is 9.53 Å². The summed E-state index contributed by atoms with van der Waals surface area (Å²) < 4.78 is 5.12. The highest BCUT2D eigenvalue weighted by Gasteiger charge is 2.20. The maximum absolute atomic E-state index is 12.4. The van der Waals surface area contributed by atoms with Crippen LogP contribution in [0.4, 0.5) is 5.69 Å². The Labute approximate surface area is 108 Å². The lowest BCUT2D eigenvalue weighted by Gasteiger charge is -2.26. The molecule has 1 amide bonds. The van der Waals surface area contributed by atoms with Crippen molar-refractivity contribution in [1.82, 2.24) is 4.90 Å². The summed E-state index contributed by atoms with van der Waals surface area (Å²) in [4.78, 5) is 14.1. The van der Waals surface area contributed by atoms with E-state index in [1.165, 1.54) is 7.11 Å². The quantitative estimate of drug-likeness (QED) is 0.642. The van der Waals surface area contributed by atoms with Crippen LogP contribution in [0.2, 0.25) is 0 Å². The standard InChI is InChI=1S/C14H20N2O2/c1-5-9-16(10(2)3)14(17)11-7-6-8-12(18-4)13(11)15/h5-8,10H,1,9,15H2,2-4H3. The van der Waals surface area contributed by atoms with E-state index in [9.17, 15) is 4.79 Å². The van der Waals surface area contributed by atoms with E-state index in [1.54, 1.807) is 29.2 Å². The number of para-hydroxylation sites is 1. The molecular formula is C14H20N2O2. The number of rotatable bonds is 5. The number of ether oxygens (including phenoxy) is 1. The van der Waals surface area contributed by atoms with Crippen LogP contribution in [-0.4, -0.2) is 30.5 Å². The predicted molar refractivity (Wildman–Crippen MR) is 73.8 cm³/mol. The lowest BCUT2D eigenvalue weighted by atomic mass is 10.1. The predicted octanol–water partition coefficient (Wildman–Crippen LogP) is 2.31. The molecule has 0 radical (unpaired) electrons. The Morgan fingerprint density at radius 3 is 2.72 bits per heavy atom. The van der Waals surface area contributed by atoms with Gasteiger partial charge in [-0.3, -0.25) is 4.79 Å². The van der Waals surface area contributed by atoms with Crippen LogP contribution in [-0.2, 0) is 0 Å². The van der Waals surface area contributed by atoms with E-state index in [4.69, 9.17) is 10.5 Å². The second-order valence-electron chi connectivity index (χ2n) is 4.26. The molecule has 18 heavy (non-hydrogen) atoms. The smallest absolute Gasteiger partial charge is 0.256 e. The number of hydrogen-bond donors (Lipinski definition) is 1. The van der Waals surface area contributed by atoms with Gasteiger partial charge < -0.3 is 15.4 Å². The zero-order valence-electron chi connectivity index (χ0n) is 11.1. The van der Waals surface area contributed by atoms with Gasteiger partial charge in [-0.25, -0.2) is 0 Å². The van der Waals surface area contributed by atoms with E-state index in [1.807, 2.05) is 13.8 Å². The van der Waals surface area contributed by atoms with Gasteiger partial charge in [-0.1, -0.05) is 12.1 Å². The maximum Gasteiger partial charge on any atom is 0.256 e. The van der Waals surface area contributed by atoms with Crippen LogP contribution in [0, 0.1) is 0 Å². The molecule has 0 aliphatic carbocycles. The van der Waals surface area contributed by atoms with Crippen LogP contribution in [0.15, 0.2) is 30.9 Å². The van der Waals surface area contributed by atoms with Crippen LogP contribution in [0.25, 0.3) is 0 Å². The largest absolute Gasteiger partial charge is 0.495 e. The van der Waals surface area contributed by atoms with Crippen molar-refractivity contribution in [2.75, 3.05) is 19.4 Å². The Morgan fingerprint density at radius 1 is 1.56 bits per heavy atom. The summed E-state index contributed by atoms with van der Waals surface area (Å²) in [6.07, 6.45) is 1.70. The molecule has 1 aromatic carbocycles. The maximum atomic E-state index is 12.4. The number of anilines is 1. The van der Waals surface area contributed by atoms with Gasteiger partial charge >= 0.3 is 0 Å². The Balaban J connectivity index is 3.12. The first-order valence-electron chi connectivity index (χ1n) is 5.87. The fraction of sp³-hybridized carbons (Fsp3) is 0.357. The second kappa shape index (κ2) is 6.10. The summed E-state index contributed by atoms with van der Waals surface area (Å²) in [5.41, 5.74) is 6.77. The first-order chi connectivity index (χ1) is 8.52. The molecule has 1 rings (SSSR count). The lowest BCUT2D eigenvalue weighted by molar-refractivity contribution is 0.0729. The number of hydrogen-bond acceptors (Lipinski definition) is 3. The average Bonchev–Trinajstić information content (AvgIpc) is 2.35. The highest BCUT2D eigenvalue weighted by atomic mass is 16.5. The molecule has 4 heteroatoms. The molecule has 0 fully saturated rings. The van der Waals surface area contributed by atoms with Crippen LogP contribution >= 0.6 is 0 Å². The van der Waals surface area contributed by atoms with Crippen molar-refractivity contribution in [3.05, 3.63) is 36.4 Å². The summed E-state index contributed by atoms with van der Waals surface area (Å²) >= 11 is 0. The molecule has 0 aliphatic heterocycles. The monoisotopic (exact) mass is 248 g/mol. The molecule has 0 spiro atoms. The fourth-order valence-corrected chi connectivity index (χ4v) is 1.73. The van der Waals surface area contributed by atoms with Crippen molar-refractivity contribution in [3.8, 4) is 5.75 Å². The van der Waals surface area contributed by atoms with Gasteiger partial charge in [-0.05, 0) is 26.0 Å². The minimum absolute atomic E-state index is 0.0844. The highest BCUT2D eigenvalue weighted by Crippen LogP contribution is 2.26. The average molecular weight is 248 g/mol. The van der Waals surface area contributed by atoms with Gasteiger partial charge in [0.1, 0.15) is 5.75 Å². The fourth-order valence-electron chi connectivity index (χ4n) is 1.73. The number of amides is 1. The zero-order valence-corrected chi connectivity index (χ0v) is 11.1. The number of carbonyl (C=O) groups is 1. The van der Waals surface area contributed by atoms with Crippen LogP contribution in [0.5, 0.6) is 5.75 Å². The van der Waals surface area contributed by atoms with E-state index in [0.717, 1.165) is 0 Å². The zero-order chi connectivity index (χ0) is 13.7. The molecule has 0 bridgehead atoms. The van der Waals surface area contributed by atoms with E-state index >= 15 is 0 Å². The van der Waals surface area contributed by atoms with Crippen molar-refractivity contribution >= 4 is 11.6 Å². The molecule has 0 saturated heterocycles. The third-order valence-corrected chi connectivity index (χ3v) is 2.73. The van der Waals surface area contributed by atoms with Crippen molar-refractivity contribution in [3.63, 3.8) is 0 Å². The summed E-state index contributed by atoms with van der Waals surface area (Å²) in [6.45, 7) is 8.07. The Kier molecular flexibility index (Phi) is 4.77. The Morgan fingerprint density at radius 2 is 2.22 bits per heavy atom. The topological polar surface area (TPSA) is 55.6 Å². The molecule has 0 unspecified atom stereocenters. The molecule has 0 atom stereocenters. The molecule has 98 valence electrons. The van der Waals surface area contributed by atoms with Gasteiger partial charge in [0.15, 0.2) is 0 Å². The number of methoxy groups -OCH3 is 1. The summed E-state index contributed by atoms with van der Waals surface area (Å²) in [5.74, 6) is 0.407. The van der Waals surface area contributed by atoms with Crippen molar-refractivity contribution in [2.45, 2.75) is 19.9 Å². The minimum atomic E-state index is -0.110. The van der Waals surface area contributed by atoms with Crippen molar-refractivity contribution in [2.24, 2.45) is 0 Å². The lowest BCUT2D eigenvalue weighted by Crippen LogP contribution is -2.37. The summed E-state index contributed by atoms with van der Waals surface area (Å²) in [6, 6.07) is 5.29. The molecule has 0 aromatic heterocycles. The molecule has 4 nitrogen and oxygen atoms in total. The van der Waals surface area contributed by atoms with Gasteiger partial charge in [-0.15, -0.1) is 6.58 Å². The minimum Gasteiger partial charge on any atom is -0.495 e. The van der Waals surface area contributed by atoms with Crippen LogP contribution in [0.1, 0.15) is 24.2 Å². The number of carbonyl (C=O) groups excluding carboxylic acids is 1. The van der Waals surface area contributed by atoms with Gasteiger partial charge in [-0.2, -0.15) is 0 Å². The van der Waals surface area contributed by atoms with E-state index in [0.29, 0.717) is 23.5 Å². The molecule has 1 aromatic rings. The van der Waals surface area contributed by atoms with Crippen LogP contribution < -0.4 is 10.5 Å². The highest BCUT2D eigenvalue weighted by molar-refractivity contribution is 6.00. The first kappa shape index (κ1) is 14.1. The van der Waals surface area contributed by atoms with Gasteiger partial charge in [0.05, 0.1) is 18.4 Å². The SMILES string of the molecule is C=CCN(C(=O)c1cccc(OC)c1N)C(C)C. The molecule has 0 aliphatic rings. The number of benzene rings is 1. The van der Waals surface area contributed by atoms with Gasteiger partial charge in [0.25, 0.3) is 5.91 Å². The number of nitrogens with two attached hydrogens (primary N) is 1. The summed E-state index contributed by atoms with van der Waals surface area (Å²) in [5, 5.41) is 0. The summed E-state index contributed by atoms with van der Waals surface area (Å²) in [7, 11) is 1.53. The third-order valence-electron chi connectivity index (χ3n) is 2.73. The van der Waals surface area contributed by atoms with E-state index in [-0.39, 0.29) is 11.9 Å². The molecular weight excluding hydrogens is 228 g/mol. The molecule has 2 N–H and O–H groups in total. The Hall–Kier alpha value is -1.97. The van der Waals surface area contributed by atoms with Crippen LogP contribution in [0.3, 0.4) is 0 Å². The number of nitrogens with zero attached hydrogens (tertiary/aromatic N) is 1. The normalized spacial score (nSPS) is 10.2. The van der Waals surface area contributed by atoms with Gasteiger partial charge in [0.2, 0.25) is 0 Å². The van der Waals surface area contributed by atoms with E-state index < -0.39 is 0 Å².